The van der Waals surface area contributed by atoms with E-state index in [9.17, 15) is 4.79 Å². The molecule has 0 radical (unpaired) electrons. The average molecular weight is 417 g/mol. The Morgan fingerprint density at radius 2 is 1.80 bits per heavy atom. The lowest BCUT2D eigenvalue weighted by Gasteiger charge is -2.12. The number of hydrogen-bond acceptors (Lipinski definition) is 3. The number of carbonyl (C=O) groups excluding carboxylic acids is 1. The number of carbonyl (C=O) groups is 1. The van der Waals surface area contributed by atoms with Gasteiger partial charge < -0.3 is 10.1 Å². The smallest absolute Gasteiger partial charge is 0.257 e. The highest BCUT2D eigenvalue weighted by atomic mass is 32.1. The van der Waals surface area contributed by atoms with Gasteiger partial charge in [0.2, 0.25) is 0 Å². The predicted octanol–water partition coefficient (Wildman–Crippen LogP) is 5.42. The number of thiocarbonyl (C=S) groups is 1. The van der Waals surface area contributed by atoms with Crippen molar-refractivity contribution in [3.63, 3.8) is 0 Å². The molecule has 0 bridgehead atoms. The van der Waals surface area contributed by atoms with Crippen molar-refractivity contribution in [1.82, 2.24) is 5.32 Å². The SMILES string of the molecule is CC(C)COc1cccc(C(=O)NC(=S)Nc2ccc3c(c2)Cc2ccccc2-3)c1. The first kappa shape index (κ1) is 20.1. The fourth-order valence-electron chi connectivity index (χ4n) is 3.55. The molecule has 0 aromatic heterocycles. The molecule has 2 N–H and O–H groups in total. The monoisotopic (exact) mass is 416 g/mol. The van der Waals surface area contributed by atoms with Gasteiger partial charge in [-0.3, -0.25) is 10.1 Å². The van der Waals surface area contributed by atoms with E-state index in [1.54, 1.807) is 18.2 Å². The van der Waals surface area contributed by atoms with Crippen LogP contribution in [0.15, 0.2) is 66.7 Å². The summed E-state index contributed by atoms with van der Waals surface area (Å²) < 4.78 is 5.70. The number of anilines is 1. The van der Waals surface area contributed by atoms with Crippen LogP contribution in [0.25, 0.3) is 11.1 Å². The van der Waals surface area contributed by atoms with Crippen molar-refractivity contribution in [1.29, 1.82) is 0 Å². The normalized spacial score (nSPS) is 11.6. The molecule has 1 aliphatic rings. The molecule has 0 spiro atoms. The Hall–Kier alpha value is -3.18. The average Bonchev–Trinajstić information content (AvgIpc) is 3.10. The molecule has 3 aromatic rings. The van der Waals surface area contributed by atoms with Gasteiger partial charge in [-0.1, -0.05) is 50.2 Å². The maximum atomic E-state index is 12.6. The summed E-state index contributed by atoms with van der Waals surface area (Å²) in [5.74, 6) is 0.823. The number of ether oxygens (including phenoxy) is 1. The molecule has 30 heavy (non-hydrogen) atoms. The highest BCUT2D eigenvalue weighted by molar-refractivity contribution is 7.80. The van der Waals surface area contributed by atoms with Crippen molar-refractivity contribution < 1.29 is 9.53 Å². The Morgan fingerprint density at radius 1 is 1.00 bits per heavy atom. The van der Waals surface area contributed by atoms with Crippen molar-refractivity contribution in [2.45, 2.75) is 20.3 Å². The summed E-state index contributed by atoms with van der Waals surface area (Å²) in [7, 11) is 0. The Kier molecular flexibility index (Phi) is 5.81. The number of amides is 1. The van der Waals surface area contributed by atoms with Gasteiger partial charge in [0, 0.05) is 11.3 Å². The molecule has 5 heteroatoms. The summed E-state index contributed by atoms with van der Waals surface area (Å²) in [6.07, 6.45) is 0.906. The van der Waals surface area contributed by atoms with E-state index in [1.165, 1.54) is 22.3 Å². The molecule has 0 heterocycles. The van der Waals surface area contributed by atoms with Crippen LogP contribution >= 0.6 is 12.2 Å². The van der Waals surface area contributed by atoms with E-state index in [0.29, 0.717) is 23.8 Å². The van der Waals surface area contributed by atoms with Crippen LogP contribution in [0.2, 0.25) is 0 Å². The molecule has 0 saturated heterocycles. The van der Waals surface area contributed by atoms with Crippen molar-refractivity contribution in [3.05, 3.63) is 83.4 Å². The zero-order valence-electron chi connectivity index (χ0n) is 17.1. The van der Waals surface area contributed by atoms with Crippen molar-refractivity contribution >= 4 is 28.9 Å². The van der Waals surface area contributed by atoms with E-state index in [2.05, 4.69) is 60.9 Å². The van der Waals surface area contributed by atoms with E-state index >= 15 is 0 Å². The molecule has 0 atom stereocenters. The maximum absolute atomic E-state index is 12.6. The predicted molar refractivity (Wildman–Crippen MR) is 125 cm³/mol. The zero-order chi connectivity index (χ0) is 21.1. The number of nitrogens with one attached hydrogen (secondary N) is 2. The van der Waals surface area contributed by atoms with Gasteiger partial charge in [0.25, 0.3) is 5.91 Å². The fraction of sp³-hybridized carbons (Fsp3) is 0.200. The van der Waals surface area contributed by atoms with E-state index < -0.39 is 0 Å². The van der Waals surface area contributed by atoms with Crippen molar-refractivity contribution in [3.8, 4) is 16.9 Å². The fourth-order valence-corrected chi connectivity index (χ4v) is 3.76. The first-order valence-electron chi connectivity index (χ1n) is 10.1. The van der Waals surface area contributed by atoms with Gasteiger partial charge in [0.05, 0.1) is 6.61 Å². The minimum absolute atomic E-state index is 0.268. The first-order valence-corrected chi connectivity index (χ1v) is 10.5. The second kappa shape index (κ2) is 8.67. The van der Waals surface area contributed by atoms with Crippen LogP contribution in [0.3, 0.4) is 0 Å². The summed E-state index contributed by atoms with van der Waals surface area (Å²) in [4.78, 5) is 12.6. The molecule has 1 aliphatic carbocycles. The van der Waals surface area contributed by atoms with Crippen LogP contribution in [0.4, 0.5) is 5.69 Å². The molecule has 0 saturated carbocycles. The molecule has 4 rings (SSSR count). The van der Waals surface area contributed by atoms with Gasteiger partial charge in [0.1, 0.15) is 5.75 Å². The summed E-state index contributed by atoms with van der Waals surface area (Å²) >= 11 is 5.35. The number of rotatable bonds is 5. The maximum Gasteiger partial charge on any atom is 0.257 e. The third kappa shape index (κ3) is 4.52. The molecular formula is C25H24N2O2S. The molecule has 0 unspecified atom stereocenters. The topological polar surface area (TPSA) is 50.4 Å². The lowest BCUT2D eigenvalue weighted by atomic mass is 10.1. The van der Waals surface area contributed by atoms with Gasteiger partial charge in [-0.05, 0) is 77.1 Å². The quantitative estimate of drug-likeness (QED) is 0.427. The van der Waals surface area contributed by atoms with E-state index in [4.69, 9.17) is 17.0 Å². The highest BCUT2D eigenvalue weighted by Gasteiger charge is 2.18. The Morgan fingerprint density at radius 3 is 2.63 bits per heavy atom. The van der Waals surface area contributed by atoms with E-state index in [-0.39, 0.29) is 11.0 Å². The van der Waals surface area contributed by atoms with Gasteiger partial charge in [-0.2, -0.15) is 0 Å². The molecule has 3 aromatic carbocycles. The van der Waals surface area contributed by atoms with Gasteiger partial charge in [0.15, 0.2) is 5.11 Å². The van der Waals surface area contributed by atoms with Crippen LogP contribution in [-0.4, -0.2) is 17.6 Å². The van der Waals surface area contributed by atoms with Gasteiger partial charge >= 0.3 is 0 Å². The first-order chi connectivity index (χ1) is 14.5. The second-order valence-electron chi connectivity index (χ2n) is 7.85. The Balaban J connectivity index is 1.39. The zero-order valence-corrected chi connectivity index (χ0v) is 17.9. The lowest BCUT2D eigenvalue weighted by Crippen LogP contribution is -2.34. The molecule has 152 valence electrons. The number of benzene rings is 3. The van der Waals surface area contributed by atoms with Crippen molar-refractivity contribution in [2.24, 2.45) is 5.92 Å². The van der Waals surface area contributed by atoms with Crippen molar-refractivity contribution in [2.75, 3.05) is 11.9 Å². The molecular weight excluding hydrogens is 392 g/mol. The molecule has 0 fully saturated rings. The Labute approximate surface area is 182 Å². The van der Waals surface area contributed by atoms with Gasteiger partial charge in [-0.25, -0.2) is 0 Å². The molecule has 0 aliphatic heterocycles. The minimum Gasteiger partial charge on any atom is -0.493 e. The van der Waals surface area contributed by atoms with Crippen LogP contribution < -0.4 is 15.4 Å². The van der Waals surface area contributed by atoms with E-state index in [1.807, 2.05) is 12.1 Å². The van der Waals surface area contributed by atoms with Gasteiger partial charge in [-0.15, -0.1) is 0 Å². The number of hydrogen-bond donors (Lipinski definition) is 2. The summed E-state index contributed by atoms with van der Waals surface area (Å²) in [6.45, 7) is 4.77. The summed E-state index contributed by atoms with van der Waals surface area (Å²) in [5, 5.41) is 6.14. The molecule has 1 amide bonds. The lowest BCUT2D eigenvalue weighted by molar-refractivity contribution is 0.0977. The highest BCUT2D eigenvalue weighted by Crippen LogP contribution is 2.37. The largest absolute Gasteiger partial charge is 0.493 e. The summed E-state index contributed by atoms with van der Waals surface area (Å²) in [5.41, 5.74) is 6.50. The second-order valence-corrected chi connectivity index (χ2v) is 8.26. The minimum atomic E-state index is -0.268. The van der Waals surface area contributed by atoms with Crippen LogP contribution in [0, 0.1) is 5.92 Å². The third-order valence-corrected chi connectivity index (χ3v) is 5.16. The number of fused-ring (bicyclic) bond motifs is 3. The van der Waals surface area contributed by atoms with Crippen LogP contribution in [0.5, 0.6) is 5.75 Å². The Bertz CT molecular complexity index is 1110. The summed E-state index contributed by atoms with van der Waals surface area (Å²) in [6, 6.07) is 21.7. The van der Waals surface area contributed by atoms with E-state index in [0.717, 1.165) is 12.1 Å². The standard InChI is InChI=1S/C25H24N2O2S/c1-16(2)15-29-21-8-5-7-18(14-21)24(28)27-25(30)26-20-10-11-23-19(13-20)12-17-6-3-4-9-22(17)23/h3-11,13-14,16H,12,15H2,1-2H3,(H2,26,27,28,30). The van der Waals surface area contributed by atoms with Crippen LogP contribution in [0.1, 0.15) is 35.3 Å². The molecule has 4 nitrogen and oxygen atoms in total. The van der Waals surface area contributed by atoms with Crippen LogP contribution in [-0.2, 0) is 6.42 Å². The third-order valence-electron chi connectivity index (χ3n) is 4.96.